The zero-order chi connectivity index (χ0) is 20.0. The van der Waals surface area contributed by atoms with Crippen LogP contribution in [0.25, 0.3) is 10.8 Å². The number of ether oxygens (including phenoxy) is 1. The highest BCUT2D eigenvalue weighted by Gasteiger charge is 2.37. The maximum atomic E-state index is 13.1. The van der Waals surface area contributed by atoms with E-state index < -0.39 is 0 Å². The van der Waals surface area contributed by atoms with Gasteiger partial charge in [-0.2, -0.15) is 0 Å². The highest BCUT2D eigenvalue weighted by Crippen LogP contribution is 2.35. The van der Waals surface area contributed by atoms with Gasteiger partial charge in [-0.3, -0.25) is 9.59 Å². The summed E-state index contributed by atoms with van der Waals surface area (Å²) in [5.41, 5.74) is 7.61. The van der Waals surface area contributed by atoms with E-state index >= 15 is 0 Å². The quantitative estimate of drug-likeness (QED) is 0.400. The Balaban J connectivity index is 1.53. The van der Waals surface area contributed by atoms with Crippen molar-refractivity contribution in [3.05, 3.63) is 96.1 Å². The molecule has 5 rings (SSSR count). The van der Waals surface area contributed by atoms with Gasteiger partial charge in [0.25, 0.3) is 11.8 Å². The lowest BCUT2D eigenvalue weighted by molar-refractivity contribution is 0.0926. The smallest absolute Gasteiger partial charge is 0.266 e. The molecule has 0 radical (unpaired) electrons. The fourth-order valence-electron chi connectivity index (χ4n) is 3.58. The largest absolute Gasteiger partial charge is 0.457 e. The first-order chi connectivity index (χ1) is 14.1. The van der Waals surface area contributed by atoms with Crippen LogP contribution < -0.4 is 15.4 Å². The summed E-state index contributed by atoms with van der Waals surface area (Å²) in [7, 11) is 0. The molecule has 1 aliphatic heterocycles. The van der Waals surface area contributed by atoms with Crippen molar-refractivity contribution in [1.29, 1.82) is 0 Å². The number of nitrogens with two attached hydrogens (primary N) is 1. The van der Waals surface area contributed by atoms with Gasteiger partial charge >= 0.3 is 0 Å². The Morgan fingerprint density at radius 2 is 1.38 bits per heavy atom. The molecule has 1 heterocycles. The Kier molecular flexibility index (Phi) is 3.81. The molecule has 0 fully saturated rings. The van der Waals surface area contributed by atoms with Crippen LogP contribution in [0.3, 0.4) is 0 Å². The molecule has 140 valence electrons. The van der Waals surface area contributed by atoms with Gasteiger partial charge in [0.15, 0.2) is 0 Å². The summed E-state index contributed by atoms with van der Waals surface area (Å²) in [4.78, 5) is 27.4. The summed E-state index contributed by atoms with van der Waals surface area (Å²) in [6.45, 7) is 0. The van der Waals surface area contributed by atoms with E-state index in [1.54, 1.807) is 48.5 Å². The van der Waals surface area contributed by atoms with Crippen molar-refractivity contribution in [2.75, 3.05) is 10.6 Å². The van der Waals surface area contributed by atoms with Crippen LogP contribution in [0.5, 0.6) is 11.5 Å². The van der Waals surface area contributed by atoms with Gasteiger partial charge in [0.1, 0.15) is 11.5 Å². The van der Waals surface area contributed by atoms with E-state index in [4.69, 9.17) is 10.5 Å². The first kappa shape index (κ1) is 17.0. The molecule has 2 N–H and O–H groups in total. The molecular formula is C24H16N2O3. The van der Waals surface area contributed by atoms with Crippen molar-refractivity contribution >= 4 is 34.0 Å². The fraction of sp³-hybridized carbons (Fsp3) is 0. The fourth-order valence-corrected chi connectivity index (χ4v) is 3.58. The van der Waals surface area contributed by atoms with Crippen molar-refractivity contribution in [3.63, 3.8) is 0 Å². The summed E-state index contributed by atoms with van der Waals surface area (Å²) in [6.07, 6.45) is 0. The lowest BCUT2D eigenvalue weighted by Gasteiger charge is -2.16. The molecule has 0 aromatic heterocycles. The van der Waals surface area contributed by atoms with Crippen molar-refractivity contribution in [2.24, 2.45) is 0 Å². The summed E-state index contributed by atoms with van der Waals surface area (Å²) in [6, 6.07) is 25.2. The third-order valence-corrected chi connectivity index (χ3v) is 4.98. The van der Waals surface area contributed by atoms with Crippen LogP contribution in [-0.2, 0) is 0 Å². The number of nitrogen functional groups attached to an aromatic ring is 1. The SMILES string of the molecule is Nc1ccc(Oc2ccc3c(c2)C(=O)N(c2cccc4ccccc24)C3=O)cc1. The van der Waals surface area contributed by atoms with Gasteiger partial charge in [0, 0.05) is 11.1 Å². The van der Waals surface area contributed by atoms with E-state index in [0.717, 1.165) is 10.8 Å². The molecule has 0 bridgehead atoms. The Bertz CT molecular complexity index is 1270. The van der Waals surface area contributed by atoms with Crippen LogP contribution in [0.4, 0.5) is 11.4 Å². The number of rotatable bonds is 3. The second-order valence-corrected chi connectivity index (χ2v) is 6.82. The Hall–Kier alpha value is -4.12. The topological polar surface area (TPSA) is 72.6 Å². The van der Waals surface area contributed by atoms with E-state index in [1.165, 1.54) is 4.90 Å². The molecule has 5 nitrogen and oxygen atoms in total. The number of imide groups is 1. The summed E-state index contributed by atoms with van der Waals surface area (Å²) in [5, 5.41) is 1.82. The minimum Gasteiger partial charge on any atom is -0.457 e. The van der Waals surface area contributed by atoms with Crippen LogP contribution in [0, 0.1) is 0 Å². The van der Waals surface area contributed by atoms with Gasteiger partial charge in [-0.15, -0.1) is 0 Å². The molecule has 0 aliphatic carbocycles. The number of carbonyl (C=O) groups excluding carboxylic acids is 2. The monoisotopic (exact) mass is 380 g/mol. The number of carbonyl (C=O) groups is 2. The number of amides is 2. The van der Waals surface area contributed by atoms with Gasteiger partial charge in [-0.05, 0) is 53.9 Å². The van der Waals surface area contributed by atoms with Crippen LogP contribution in [0.1, 0.15) is 20.7 Å². The van der Waals surface area contributed by atoms with Crippen molar-refractivity contribution < 1.29 is 14.3 Å². The Labute approximate surface area is 166 Å². The first-order valence-corrected chi connectivity index (χ1v) is 9.16. The van der Waals surface area contributed by atoms with E-state index in [2.05, 4.69) is 0 Å². The molecule has 1 aliphatic rings. The maximum absolute atomic E-state index is 13.1. The summed E-state index contributed by atoms with van der Waals surface area (Å²) < 4.78 is 5.82. The molecule has 2 amide bonds. The average molecular weight is 380 g/mol. The minimum atomic E-state index is -0.357. The predicted octanol–water partition coefficient (Wildman–Crippen LogP) is 5.01. The van der Waals surface area contributed by atoms with Crippen molar-refractivity contribution in [3.8, 4) is 11.5 Å². The number of fused-ring (bicyclic) bond motifs is 2. The molecule has 4 aromatic carbocycles. The lowest BCUT2D eigenvalue weighted by Crippen LogP contribution is -2.29. The second-order valence-electron chi connectivity index (χ2n) is 6.82. The van der Waals surface area contributed by atoms with Crippen LogP contribution in [0.15, 0.2) is 84.9 Å². The Morgan fingerprint density at radius 3 is 2.21 bits per heavy atom. The molecule has 0 spiro atoms. The van der Waals surface area contributed by atoms with E-state index in [1.807, 2.05) is 36.4 Å². The number of hydrogen-bond acceptors (Lipinski definition) is 4. The molecule has 0 saturated heterocycles. The molecule has 4 aromatic rings. The molecule has 29 heavy (non-hydrogen) atoms. The second kappa shape index (κ2) is 6.49. The van der Waals surface area contributed by atoms with E-state index in [-0.39, 0.29) is 11.8 Å². The zero-order valence-corrected chi connectivity index (χ0v) is 15.3. The van der Waals surface area contributed by atoms with Crippen molar-refractivity contribution in [1.82, 2.24) is 0 Å². The normalized spacial score (nSPS) is 13.0. The lowest BCUT2D eigenvalue weighted by atomic mass is 10.1. The zero-order valence-electron chi connectivity index (χ0n) is 15.3. The van der Waals surface area contributed by atoms with Crippen LogP contribution in [-0.4, -0.2) is 11.8 Å². The summed E-state index contributed by atoms with van der Waals surface area (Å²) >= 11 is 0. The number of benzene rings is 4. The number of anilines is 2. The van der Waals surface area contributed by atoms with Gasteiger partial charge in [0.2, 0.25) is 0 Å². The van der Waals surface area contributed by atoms with Gasteiger partial charge in [0.05, 0.1) is 16.8 Å². The van der Waals surface area contributed by atoms with Crippen molar-refractivity contribution in [2.45, 2.75) is 0 Å². The maximum Gasteiger partial charge on any atom is 0.266 e. The predicted molar refractivity (Wildman–Crippen MR) is 112 cm³/mol. The highest BCUT2D eigenvalue weighted by atomic mass is 16.5. The standard InChI is InChI=1S/C24H16N2O3/c25-16-8-10-17(11-9-16)29-18-12-13-20-21(14-18)24(28)26(23(20)27)22-7-3-5-15-4-1-2-6-19(15)22/h1-14H,25H2. The summed E-state index contributed by atoms with van der Waals surface area (Å²) in [5.74, 6) is 0.390. The minimum absolute atomic E-state index is 0.330. The molecule has 0 unspecified atom stereocenters. The number of nitrogens with zero attached hydrogens (tertiary/aromatic N) is 1. The van der Waals surface area contributed by atoms with Gasteiger partial charge in [-0.25, -0.2) is 4.90 Å². The molecule has 0 atom stereocenters. The molecule has 0 saturated carbocycles. The highest BCUT2D eigenvalue weighted by molar-refractivity contribution is 6.36. The van der Waals surface area contributed by atoms with E-state index in [0.29, 0.717) is 34.0 Å². The Morgan fingerprint density at radius 1 is 0.690 bits per heavy atom. The van der Waals surface area contributed by atoms with Gasteiger partial charge < -0.3 is 10.5 Å². The molecule has 5 heteroatoms. The van der Waals surface area contributed by atoms with Crippen LogP contribution in [0.2, 0.25) is 0 Å². The van der Waals surface area contributed by atoms with Gasteiger partial charge in [-0.1, -0.05) is 36.4 Å². The third-order valence-electron chi connectivity index (χ3n) is 4.98. The van der Waals surface area contributed by atoms with E-state index in [9.17, 15) is 9.59 Å². The van der Waals surface area contributed by atoms with Crippen LogP contribution >= 0.6 is 0 Å². The average Bonchev–Trinajstić information content (AvgIpc) is 2.99. The molecular weight excluding hydrogens is 364 g/mol. The number of hydrogen-bond donors (Lipinski definition) is 1. The third kappa shape index (κ3) is 2.80. The first-order valence-electron chi connectivity index (χ1n) is 9.16.